The number of anilines is 2. The van der Waals surface area contributed by atoms with E-state index in [0.717, 1.165) is 17.1 Å². The summed E-state index contributed by atoms with van der Waals surface area (Å²) >= 11 is 7.11. The molecular weight excluding hydrogens is 308 g/mol. The van der Waals surface area contributed by atoms with Crippen molar-refractivity contribution in [3.63, 3.8) is 0 Å². The number of hydrogen-bond donors (Lipinski definition) is 2. The number of nitrogen functional groups attached to an aromatic ring is 1. The van der Waals surface area contributed by atoms with Crippen molar-refractivity contribution < 1.29 is 4.79 Å². The van der Waals surface area contributed by atoms with E-state index in [9.17, 15) is 4.79 Å². The zero-order valence-corrected chi connectivity index (χ0v) is 13.5. The summed E-state index contributed by atoms with van der Waals surface area (Å²) in [5, 5.41) is 4.28. The normalized spacial score (nSPS) is 10.4. The van der Waals surface area contributed by atoms with Gasteiger partial charge in [0.15, 0.2) is 5.13 Å². The Morgan fingerprint density at radius 3 is 2.62 bits per heavy atom. The third kappa shape index (κ3) is 4.09. The summed E-state index contributed by atoms with van der Waals surface area (Å²) in [4.78, 5) is 18.5. The Hall–Kier alpha value is -1.79. The lowest BCUT2D eigenvalue weighted by molar-refractivity contribution is 0.0959. The van der Waals surface area contributed by atoms with E-state index in [1.165, 1.54) is 11.3 Å². The molecule has 0 spiro atoms. The Morgan fingerprint density at radius 1 is 1.38 bits per heavy atom. The highest BCUT2D eigenvalue weighted by molar-refractivity contribution is 7.18. The number of aromatic nitrogens is 1. The highest BCUT2D eigenvalue weighted by Crippen LogP contribution is 2.26. The van der Waals surface area contributed by atoms with Crippen LogP contribution in [0.25, 0.3) is 0 Å². The van der Waals surface area contributed by atoms with Gasteiger partial charge in [0.2, 0.25) is 0 Å². The summed E-state index contributed by atoms with van der Waals surface area (Å²) < 4.78 is 0. The van der Waals surface area contributed by atoms with Crippen molar-refractivity contribution in [2.75, 3.05) is 31.3 Å². The van der Waals surface area contributed by atoms with E-state index >= 15 is 0 Å². The molecule has 7 heteroatoms. The van der Waals surface area contributed by atoms with Crippen molar-refractivity contribution in [2.24, 2.45) is 0 Å². The summed E-state index contributed by atoms with van der Waals surface area (Å²) in [6, 6.07) is 7.56. The molecule has 1 aromatic heterocycles. The molecule has 0 aliphatic heterocycles. The van der Waals surface area contributed by atoms with E-state index in [0.29, 0.717) is 16.4 Å². The summed E-state index contributed by atoms with van der Waals surface area (Å²) in [6.07, 6.45) is 0.738. The number of benzene rings is 1. The van der Waals surface area contributed by atoms with Crippen molar-refractivity contribution in [1.82, 2.24) is 10.3 Å². The highest BCUT2D eigenvalue weighted by Gasteiger charge is 2.16. The summed E-state index contributed by atoms with van der Waals surface area (Å²) in [6.45, 7) is 0.537. The van der Waals surface area contributed by atoms with Crippen LogP contribution in [0.3, 0.4) is 0 Å². The van der Waals surface area contributed by atoms with Gasteiger partial charge in [0, 0.05) is 25.7 Å². The second-order valence-electron chi connectivity index (χ2n) is 4.74. The number of nitrogens with one attached hydrogen (secondary N) is 1. The Balaban J connectivity index is 1.91. The van der Waals surface area contributed by atoms with E-state index in [1.807, 2.05) is 43.3 Å². The van der Waals surface area contributed by atoms with E-state index in [4.69, 9.17) is 17.3 Å². The number of amides is 1. The maximum Gasteiger partial charge on any atom is 0.265 e. The fourth-order valence-electron chi connectivity index (χ4n) is 1.73. The van der Waals surface area contributed by atoms with Crippen LogP contribution in [0.4, 0.5) is 10.9 Å². The highest BCUT2D eigenvalue weighted by atomic mass is 35.5. The largest absolute Gasteiger partial charge is 0.382 e. The molecule has 0 saturated heterocycles. The van der Waals surface area contributed by atoms with Gasteiger partial charge >= 0.3 is 0 Å². The molecule has 0 saturated carbocycles. The molecule has 3 N–H and O–H groups in total. The molecular formula is C14H17ClN4OS. The molecule has 2 rings (SSSR count). The third-order valence-electron chi connectivity index (χ3n) is 2.84. The lowest BCUT2D eigenvalue weighted by atomic mass is 10.1. The average molecular weight is 325 g/mol. The second-order valence-corrected chi connectivity index (χ2v) is 6.15. The molecule has 2 aromatic rings. The molecule has 1 amide bonds. The number of nitrogens with zero attached hydrogens (tertiary/aromatic N) is 2. The zero-order chi connectivity index (χ0) is 15.4. The predicted octanol–water partition coefficient (Wildman–Crippen LogP) is 2.42. The van der Waals surface area contributed by atoms with Crippen LogP contribution in [0.15, 0.2) is 24.3 Å². The summed E-state index contributed by atoms with van der Waals surface area (Å²) in [7, 11) is 3.72. The predicted molar refractivity (Wildman–Crippen MR) is 88.3 cm³/mol. The van der Waals surface area contributed by atoms with Gasteiger partial charge in [0.25, 0.3) is 5.91 Å². The van der Waals surface area contributed by atoms with Crippen LogP contribution in [0, 0.1) is 0 Å². The number of nitrogens with two attached hydrogens (primary N) is 1. The maximum absolute atomic E-state index is 12.1. The van der Waals surface area contributed by atoms with E-state index in [2.05, 4.69) is 10.3 Å². The van der Waals surface area contributed by atoms with Gasteiger partial charge in [-0.15, -0.1) is 0 Å². The van der Waals surface area contributed by atoms with Crippen molar-refractivity contribution >= 4 is 39.8 Å². The second kappa shape index (κ2) is 6.78. The number of carbonyl (C=O) groups excluding carboxylic acids is 1. The van der Waals surface area contributed by atoms with Crippen molar-refractivity contribution in [3.8, 4) is 0 Å². The molecule has 1 heterocycles. The molecule has 0 bridgehead atoms. The molecule has 0 fully saturated rings. The number of hydrogen-bond acceptors (Lipinski definition) is 5. The van der Waals surface area contributed by atoms with E-state index in [1.54, 1.807) is 0 Å². The van der Waals surface area contributed by atoms with Crippen LogP contribution < -0.4 is 16.0 Å². The van der Waals surface area contributed by atoms with Crippen LogP contribution in [0.5, 0.6) is 0 Å². The average Bonchev–Trinajstić information content (AvgIpc) is 2.83. The van der Waals surface area contributed by atoms with Gasteiger partial charge in [-0.05, 0) is 24.1 Å². The Bertz CT molecular complexity index is 624. The molecule has 0 radical (unpaired) electrons. The number of rotatable bonds is 5. The van der Waals surface area contributed by atoms with Gasteiger partial charge in [-0.2, -0.15) is 0 Å². The van der Waals surface area contributed by atoms with Crippen LogP contribution in [-0.2, 0) is 6.42 Å². The first-order chi connectivity index (χ1) is 9.97. The van der Waals surface area contributed by atoms with Crippen molar-refractivity contribution in [2.45, 2.75) is 6.42 Å². The third-order valence-corrected chi connectivity index (χ3v) is 4.33. The smallest absolute Gasteiger partial charge is 0.265 e. The molecule has 0 aliphatic rings. The minimum Gasteiger partial charge on any atom is -0.382 e. The topological polar surface area (TPSA) is 71.2 Å². The number of carbonyl (C=O) groups is 1. The molecule has 0 unspecified atom stereocenters. The first-order valence-electron chi connectivity index (χ1n) is 6.43. The lowest BCUT2D eigenvalue weighted by Gasteiger charge is -2.05. The van der Waals surface area contributed by atoms with Gasteiger partial charge in [0.05, 0.1) is 0 Å². The van der Waals surface area contributed by atoms with E-state index in [-0.39, 0.29) is 11.7 Å². The van der Waals surface area contributed by atoms with E-state index < -0.39 is 0 Å². The summed E-state index contributed by atoms with van der Waals surface area (Å²) in [5.74, 6) is 0.0831. The SMILES string of the molecule is CN(C)c1nc(N)c(C(=O)NCCc2ccc(Cl)cc2)s1. The Morgan fingerprint density at radius 2 is 2.05 bits per heavy atom. The molecule has 112 valence electrons. The molecule has 5 nitrogen and oxygen atoms in total. The Kier molecular flexibility index (Phi) is 5.03. The van der Waals surface area contributed by atoms with Gasteiger partial charge in [-0.1, -0.05) is 35.1 Å². The van der Waals surface area contributed by atoms with Crippen LogP contribution in [0.1, 0.15) is 15.2 Å². The minimum atomic E-state index is -0.188. The molecule has 0 aliphatic carbocycles. The number of thiazole rings is 1. The van der Waals surface area contributed by atoms with Crippen LogP contribution in [0.2, 0.25) is 5.02 Å². The van der Waals surface area contributed by atoms with Crippen LogP contribution in [-0.4, -0.2) is 31.5 Å². The lowest BCUT2D eigenvalue weighted by Crippen LogP contribution is -2.25. The number of halogens is 1. The van der Waals surface area contributed by atoms with Crippen molar-refractivity contribution in [3.05, 3.63) is 39.7 Å². The van der Waals surface area contributed by atoms with Gasteiger partial charge in [-0.3, -0.25) is 4.79 Å². The minimum absolute atomic E-state index is 0.188. The van der Waals surface area contributed by atoms with Gasteiger partial charge in [0.1, 0.15) is 10.7 Å². The monoisotopic (exact) mass is 324 g/mol. The zero-order valence-electron chi connectivity index (χ0n) is 11.9. The molecule has 21 heavy (non-hydrogen) atoms. The quantitative estimate of drug-likeness (QED) is 0.886. The van der Waals surface area contributed by atoms with Crippen molar-refractivity contribution in [1.29, 1.82) is 0 Å². The maximum atomic E-state index is 12.1. The standard InChI is InChI=1S/C14H17ClN4OS/c1-19(2)14-18-12(16)11(21-14)13(20)17-8-7-9-3-5-10(15)6-4-9/h3-6H,7-8,16H2,1-2H3,(H,17,20). The van der Waals surface area contributed by atoms with Gasteiger partial charge in [-0.25, -0.2) is 4.98 Å². The Labute approximate surface area is 132 Å². The fraction of sp³-hybridized carbons (Fsp3) is 0.286. The first kappa shape index (κ1) is 15.6. The molecule has 1 aromatic carbocycles. The summed E-state index contributed by atoms with van der Waals surface area (Å²) in [5.41, 5.74) is 6.89. The fourth-order valence-corrected chi connectivity index (χ4v) is 2.68. The van der Waals surface area contributed by atoms with Gasteiger partial charge < -0.3 is 16.0 Å². The molecule has 0 atom stereocenters. The van der Waals surface area contributed by atoms with Crippen LogP contribution >= 0.6 is 22.9 Å². The first-order valence-corrected chi connectivity index (χ1v) is 7.63.